The Morgan fingerprint density at radius 1 is 1.50 bits per heavy atom. The van der Waals surface area contributed by atoms with Gasteiger partial charge in [0.05, 0.1) is 5.54 Å². The summed E-state index contributed by atoms with van der Waals surface area (Å²) in [7, 11) is 0. The van der Waals surface area contributed by atoms with Gasteiger partial charge in [-0.05, 0) is 26.8 Å². The molecule has 0 aromatic carbocycles. The molecule has 60 valence electrons. The first-order chi connectivity index (χ1) is 4.56. The van der Waals surface area contributed by atoms with E-state index in [4.69, 9.17) is 0 Å². The molecule has 0 radical (unpaired) electrons. The predicted octanol–water partition coefficient (Wildman–Crippen LogP) is 1.35. The van der Waals surface area contributed by atoms with Crippen LogP contribution < -0.4 is 5.32 Å². The Bertz CT molecular complexity index is 122. The summed E-state index contributed by atoms with van der Waals surface area (Å²) in [5.41, 5.74) is -0.297. The minimum absolute atomic E-state index is 0.219. The highest BCUT2D eigenvalue weighted by molar-refractivity contribution is 5.85. The third-order valence-corrected chi connectivity index (χ3v) is 2.05. The van der Waals surface area contributed by atoms with Gasteiger partial charge < -0.3 is 5.32 Å². The van der Waals surface area contributed by atoms with Crippen molar-refractivity contribution in [3.8, 4) is 0 Å². The molecule has 0 aliphatic carbocycles. The highest BCUT2D eigenvalue weighted by atomic mass is 16.1. The van der Waals surface area contributed by atoms with Gasteiger partial charge in [-0.3, -0.25) is 4.79 Å². The van der Waals surface area contributed by atoms with E-state index in [1.54, 1.807) is 6.92 Å². The van der Waals surface area contributed by atoms with E-state index < -0.39 is 0 Å². The molecule has 0 spiro atoms. The maximum Gasteiger partial charge on any atom is 0.149 e. The first kappa shape index (κ1) is 9.63. The SMILES string of the molecule is CCNC(C)(CC)C(C)=O. The number of carbonyl (C=O) groups is 1. The van der Waals surface area contributed by atoms with Gasteiger partial charge in [0, 0.05) is 0 Å². The first-order valence-electron chi connectivity index (χ1n) is 3.83. The van der Waals surface area contributed by atoms with Gasteiger partial charge >= 0.3 is 0 Å². The summed E-state index contributed by atoms with van der Waals surface area (Å²) in [4.78, 5) is 11.0. The van der Waals surface area contributed by atoms with E-state index in [1.165, 1.54) is 0 Å². The van der Waals surface area contributed by atoms with Crippen molar-refractivity contribution in [2.75, 3.05) is 6.54 Å². The number of hydrogen-bond acceptors (Lipinski definition) is 2. The van der Waals surface area contributed by atoms with Gasteiger partial charge in [0.25, 0.3) is 0 Å². The second-order valence-corrected chi connectivity index (χ2v) is 2.77. The van der Waals surface area contributed by atoms with Crippen LogP contribution in [-0.2, 0) is 4.79 Å². The van der Waals surface area contributed by atoms with Crippen molar-refractivity contribution < 1.29 is 4.79 Å². The summed E-state index contributed by atoms with van der Waals surface area (Å²) in [6.07, 6.45) is 0.857. The van der Waals surface area contributed by atoms with Crippen molar-refractivity contribution in [3.05, 3.63) is 0 Å². The molecule has 0 bridgehead atoms. The van der Waals surface area contributed by atoms with Crippen LogP contribution in [0, 0.1) is 0 Å². The van der Waals surface area contributed by atoms with Crippen molar-refractivity contribution in [3.63, 3.8) is 0 Å². The molecule has 0 aliphatic rings. The molecule has 0 heterocycles. The lowest BCUT2D eigenvalue weighted by atomic mass is 9.94. The van der Waals surface area contributed by atoms with E-state index in [-0.39, 0.29) is 11.3 Å². The van der Waals surface area contributed by atoms with Crippen molar-refractivity contribution >= 4 is 5.78 Å². The number of rotatable bonds is 4. The maximum absolute atomic E-state index is 11.0. The van der Waals surface area contributed by atoms with E-state index in [2.05, 4.69) is 5.32 Å². The molecule has 0 amide bonds. The van der Waals surface area contributed by atoms with E-state index in [1.807, 2.05) is 20.8 Å². The molecule has 10 heavy (non-hydrogen) atoms. The van der Waals surface area contributed by atoms with Crippen molar-refractivity contribution in [2.24, 2.45) is 0 Å². The van der Waals surface area contributed by atoms with Crippen LogP contribution in [0.5, 0.6) is 0 Å². The quantitative estimate of drug-likeness (QED) is 0.643. The van der Waals surface area contributed by atoms with Crippen molar-refractivity contribution in [2.45, 2.75) is 39.7 Å². The van der Waals surface area contributed by atoms with Crippen LogP contribution in [0.4, 0.5) is 0 Å². The normalized spacial score (nSPS) is 16.4. The van der Waals surface area contributed by atoms with Crippen LogP contribution in [0.25, 0.3) is 0 Å². The lowest BCUT2D eigenvalue weighted by Gasteiger charge is -2.25. The third kappa shape index (κ3) is 2.10. The zero-order chi connectivity index (χ0) is 8.20. The molecule has 0 aliphatic heterocycles. The summed E-state index contributed by atoms with van der Waals surface area (Å²) in [6.45, 7) is 8.45. The summed E-state index contributed by atoms with van der Waals surface area (Å²) >= 11 is 0. The molecule has 1 N–H and O–H groups in total. The van der Waals surface area contributed by atoms with Gasteiger partial charge in [0.1, 0.15) is 5.78 Å². The van der Waals surface area contributed by atoms with Crippen LogP contribution in [0.2, 0.25) is 0 Å². The van der Waals surface area contributed by atoms with Gasteiger partial charge in [-0.1, -0.05) is 13.8 Å². The Balaban J connectivity index is 4.08. The van der Waals surface area contributed by atoms with Crippen LogP contribution in [0.1, 0.15) is 34.1 Å². The minimum atomic E-state index is -0.297. The predicted molar refractivity (Wildman–Crippen MR) is 43.1 cm³/mol. The van der Waals surface area contributed by atoms with Gasteiger partial charge in [-0.25, -0.2) is 0 Å². The largest absolute Gasteiger partial charge is 0.305 e. The Labute approximate surface area is 63.0 Å². The van der Waals surface area contributed by atoms with Crippen LogP contribution in [0.15, 0.2) is 0 Å². The number of hydrogen-bond donors (Lipinski definition) is 1. The Kier molecular flexibility index (Phi) is 3.58. The molecule has 0 saturated heterocycles. The lowest BCUT2D eigenvalue weighted by Crippen LogP contribution is -2.47. The van der Waals surface area contributed by atoms with Crippen LogP contribution in [0.3, 0.4) is 0 Å². The summed E-state index contributed by atoms with van der Waals surface area (Å²) in [6, 6.07) is 0. The summed E-state index contributed by atoms with van der Waals surface area (Å²) in [5.74, 6) is 0.219. The fourth-order valence-corrected chi connectivity index (χ4v) is 0.889. The van der Waals surface area contributed by atoms with E-state index in [9.17, 15) is 4.79 Å². The van der Waals surface area contributed by atoms with Gasteiger partial charge in [0.15, 0.2) is 0 Å². The molecule has 2 nitrogen and oxygen atoms in total. The highest BCUT2D eigenvalue weighted by Gasteiger charge is 2.25. The van der Waals surface area contributed by atoms with Crippen LogP contribution in [-0.4, -0.2) is 17.9 Å². The van der Waals surface area contributed by atoms with Gasteiger partial charge in [-0.2, -0.15) is 0 Å². The van der Waals surface area contributed by atoms with E-state index in [0.717, 1.165) is 13.0 Å². The molecule has 0 aromatic heterocycles. The van der Waals surface area contributed by atoms with Gasteiger partial charge in [-0.15, -0.1) is 0 Å². The fraction of sp³-hybridized carbons (Fsp3) is 0.875. The first-order valence-corrected chi connectivity index (χ1v) is 3.83. The molecule has 0 saturated carbocycles. The maximum atomic E-state index is 11.0. The lowest BCUT2D eigenvalue weighted by molar-refractivity contribution is -0.122. The number of likely N-dealkylation sites (N-methyl/N-ethyl adjacent to an activating group) is 1. The topological polar surface area (TPSA) is 29.1 Å². The van der Waals surface area contributed by atoms with Crippen LogP contribution >= 0.6 is 0 Å². The zero-order valence-corrected chi connectivity index (χ0v) is 7.32. The van der Waals surface area contributed by atoms with Crippen molar-refractivity contribution in [1.82, 2.24) is 5.32 Å². The van der Waals surface area contributed by atoms with E-state index >= 15 is 0 Å². The summed E-state index contributed by atoms with van der Waals surface area (Å²) in [5, 5.41) is 3.16. The van der Waals surface area contributed by atoms with E-state index in [0.29, 0.717) is 0 Å². The molecule has 1 atom stereocenters. The third-order valence-electron chi connectivity index (χ3n) is 2.05. The second kappa shape index (κ2) is 3.71. The number of Topliss-reactive ketones (excluding diaryl/α,β-unsaturated/α-hetero) is 1. The number of ketones is 1. The average molecular weight is 143 g/mol. The molecular weight excluding hydrogens is 126 g/mol. The molecule has 0 aromatic rings. The zero-order valence-electron chi connectivity index (χ0n) is 7.32. The monoisotopic (exact) mass is 143 g/mol. The smallest absolute Gasteiger partial charge is 0.149 e. The molecule has 0 rings (SSSR count). The molecule has 2 heteroatoms. The van der Waals surface area contributed by atoms with Gasteiger partial charge in [0.2, 0.25) is 0 Å². The highest BCUT2D eigenvalue weighted by Crippen LogP contribution is 2.09. The standard InChI is InChI=1S/C8H17NO/c1-5-8(4,7(3)10)9-6-2/h9H,5-6H2,1-4H3. The summed E-state index contributed by atoms with van der Waals surface area (Å²) < 4.78 is 0. The Hall–Kier alpha value is -0.370. The number of carbonyl (C=O) groups excluding carboxylic acids is 1. The Morgan fingerprint density at radius 3 is 2.10 bits per heavy atom. The average Bonchev–Trinajstić information content (AvgIpc) is 1.88. The molecular formula is C8H17NO. The fourth-order valence-electron chi connectivity index (χ4n) is 0.889. The molecule has 0 fully saturated rings. The minimum Gasteiger partial charge on any atom is -0.305 e. The number of nitrogens with one attached hydrogen (secondary N) is 1. The van der Waals surface area contributed by atoms with Crippen molar-refractivity contribution in [1.29, 1.82) is 0 Å². The Morgan fingerprint density at radius 2 is 2.00 bits per heavy atom. The second-order valence-electron chi connectivity index (χ2n) is 2.77. The molecule has 1 unspecified atom stereocenters.